The number of aryl methyl sites for hydroxylation is 1. The molecule has 0 aliphatic rings. The largest absolute Gasteiger partial charge is 0.287 e. The van der Waals surface area contributed by atoms with Gasteiger partial charge in [-0.1, -0.05) is 49.4 Å². The van der Waals surface area contributed by atoms with Crippen molar-refractivity contribution in [3.63, 3.8) is 0 Å². The van der Waals surface area contributed by atoms with E-state index >= 15 is 0 Å². The van der Waals surface area contributed by atoms with E-state index < -0.39 is 0 Å². The average molecular weight is 397 g/mol. The monoisotopic (exact) mass is 396 g/mol. The lowest BCUT2D eigenvalue weighted by Gasteiger charge is -2.07. The van der Waals surface area contributed by atoms with E-state index in [1.165, 1.54) is 10.2 Å². The molecule has 1 heterocycles. The molecule has 0 saturated heterocycles. The third-order valence-corrected chi connectivity index (χ3v) is 4.47. The Kier molecular flexibility index (Phi) is 5.40. The summed E-state index contributed by atoms with van der Waals surface area (Å²) in [6.45, 7) is 2.12. The van der Waals surface area contributed by atoms with Crippen molar-refractivity contribution < 1.29 is 0 Å². The van der Waals surface area contributed by atoms with Gasteiger partial charge in [-0.2, -0.15) is 14.9 Å². The maximum atomic E-state index is 12.5. The zero-order chi connectivity index (χ0) is 17.6. The highest BCUT2D eigenvalue weighted by Gasteiger charge is 2.09. The third-order valence-electron chi connectivity index (χ3n) is 3.71. The van der Waals surface area contributed by atoms with Crippen LogP contribution in [0.15, 0.2) is 75.2 Å². The van der Waals surface area contributed by atoms with E-state index in [0.29, 0.717) is 15.8 Å². The first-order valence-electron chi connectivity index (χ1n) is 7.90. The molecule has 3 aromatic rings. The van der Waals surface area contributed by atoms with Gasteiger partial charge < -0.3 is 0 Å². The number of para-hydroxylation sites is 1. The van der Waals surface area contributed by atoms with Gasteiger partial charge in [-0.05, 0) is 45.6 Å². The zero-order valence-electron chi connectivity index (χ0n) is 13.7. The van der Waals surface area contributed by atoms with Gasteiger partial charge in [-0.3, -0.25) is 10.2 Å². The lowest BCUT2D eigenvalue weighted by atomic mass is 10.1. The van der Waals surface area contributed by atoms with Crippen molar-refractivity contribution in [3.05, 3.63) is 86.7 Å². The minimum atomic E-state index is -0.251. The topological polar surface area (TPSA) is 59.3 Å². The first-order valence-corrected chi connectivity index (χ1v) is 8.69. The first-order chi connectivity index (χ1) is 12.2. The predicted molar refractivity (Wildman–Crippen MR) is 105 cm³/mol. The maximum Gasteiger partial charge on any atom is 0.287 e. The van der Waals surface area contributed by atoms with Gasteiger partial charge in [0.05, 0.1) is 23.8 Å². The summed E-state index contributed by atoms with van der Waals surface area (Å²) in [5.41, 5.74) is 6.08. The lowest BCUT2D eigenvalue weighted by Crippen LogP contribution is -2.22. The van der Waals surface area contributed by atoms with E-state index in [0.717, 1.165) is 12.0 Å². The van der Waals surface area contributed by atoms with Gasteiger partial charge in [-0.25, -0.2) is 0 Å². The molecule has 126 valence electrons. The summed E-state index contributed by atoms with van der Waals surface area (Å²) in [7, 11) is 0. The summed E-state index contributed by atoms with van der Waals surface area (Å²) in [5, 5.41) is 8.37. The standard InChI is InChI=1S/C19H17BrN4O/c1-2-14-8-10-15(11-9-14)12-21-23-17-13-22-24(19(25)18(17)20)16-6-4-3-5-7-16/h3-13,23H,2H2,1H3/b21-12-. The molecule has 0 aliphatic heterocycles. The molecule has 0 saturated carbocycles. The Morgan fingerprint density at radius 3 is 2.56 bits per heavy atom. The van der Waals surface area contributed by atoms with Crippen molar-refractivity contribution in [2.75, 3.05) is 5.43 Å². The molecule has 2 aromatic carbocycles. The van der Waals surface area contributed by atoms with Crippen molar-refractivity contribution in [1.82, 2.24) is 9.78 Å². The Morgan fingerprint density at radius 1 is 1.16 bits per heavy atom. The Labute approximate surface area is 154 Å². The summed E-state index contributed by atoms with van der Waals surface area (Å²) < 4.78 is 1.72. The fourth-order valence-corrected chi connectivity index (χ4v) is 2.64. The van der Waals surface area contributed by atoms with Crippen molar-refractivity contribution in [2.45, 2.75) is 13.3 Å². The van der Waals surface area contributed by atoms with Crippen LogP contribution in [0.1, 0.15) is 18.1 Å². The Bertz CT molecular complexity index is 934. The van der Waals surface area contributed by atoms with Crippen LogP contribution in [-0.2, 0) is 6.42 Å². The van der Waals surface area contributed by atoms with Crippen LogP contribution in [0.25, 0.3) is 5.69 Å². The number of benzene rings is 2. The SMILES string of the molecule is CCc1ccc(/C=N\Nc2cnn(-c3ccccc3)c(=O)c2Br)cc1. The second-order valence-corrected chi connectivity index (χ2v) is 6.18. The highest BCUT2D eigenvalue weighted by molar-refractivity contribution is 9.10. The number of hydrazone groups is 1. The van der Waals surface area contributed by atoms with E-state index in [1.807, 2.05) is 42.5 Å². The molecule has 0 atom stereocenters. The second-order valence-electron chi connectivity index (χ2n) is 5.39. The molecule has 0 fully saturated rings. The fraction of sp³-hybridized carbons (Fsp3) is 0.105. The summed E-state index contributed by atoms with van der Waals surface area (Å²) >= 11 is 3.32. The predicted octanol–water partition coefficient (Wildman–Crippen LogP) is 4.00. The number of hydrogen-bond acceptors (Lipinski definition) is 4. The van der Waals surface area contributed by atoms with E-state index in [1.54, 1.807) is 12.4 Å². The summed E-state index contributed by atoms with van der Waals surface area (Å²) in [6, 6.07) is 17.4. The van der Waals surface area contributed by atoms with E-state index in [-0.39, 0.29) is 5.56 Å². The number of hydrogen-bond donors (Lipinski definition) is 1. The minimum absolute atomic E-state index is 0.251. The third kappa shape index (κ3) is 4.03. The number of halogens is 1. The molecule has 1 N–H and O–H groups in total. The number of anilines is 1. The Morgan fingerprint density at radius 2 is 1.88 bits per heavy atom. The molecule has 0 unspecified atom stereocenters. The molecule has 25 heavy (non-hydrogen) atoms. The second kappa shape index (κ2) is 7.90. The van der Waals surface area contributed by atoms with Crippen molar-refractivity contribution in [1.29, 1.82) is 0 Å². The molecular formula is C19H17BrN4O. The highest BCUT2D eigenvalue weighted by Crippen LogP contribution is 2.17. The molecule has 0 bridgehead atoms. The van der Waals surface area contributed by atoms with E-state index in [4.69, 9.17) is 0 Å². The number of nitrogens with zero attached hydrogens (tertiary/aromatic N) is 3. The molecule has 0 spiro atoms. The van der Waals surface area contributed by atoms with Crippen molar-refractivity contribution >= 4 is 27.8 Å². The lowest BCUT2D eigenvalue weighted by molar-refractivity contribution is 0.801. The van der Waals surface area contributed by atoms with Crippen LogP contribution in [0, 0.1) is 0 Å². The number of nitrogens with one attached hydrogen (secondary N) is 1. The molecule has 3 rings (SSSR count). The molecule has 6 heteroatoms. The van der Waals surface area contributed by atoms with Crippen LogP contribution in [0.5, 0.6) is 0 Å². The fourth-order valence-electron chi connectivity index (χ4n) is 2.28. The number of rotatable bonds is 5. The zero-order valence-corrected chi connectivity index (χ0v) is 15.3. The summed E-state index contributed by atoms with van der Waals surface area (Å²) in [4.78, 5) is 12.5. The van der Waals surface area contributed by atoms with Crippen LogP contribution in [0.4, 0.5) is 5.69 Å². The van der Waals surface area contributed by atoms with Crippen LogP contribution < -0.4 is 11.0 Å². The molecular weight excluding hydrogens is 380 g/mol. The molecule has 5 nitrogen and oxygen atoms in total. The van der Waals surface area contributed by atoms with Crippen LogP contribution >= 0.6 is 15.9 Å². The van der Waals surface area contributed by atoms with Gasteiger partial charge in [0, 0.05) is 0 Å². The van der Waals surface area contributed by atoms with Gasteiger partial charge in [0.15, 0.2) is 0 Å². The number of aromatic nitrogens is 2. The van der Waals surface area contributed by atoms with Crippen molar-refractivity contribution in [2.24, 2.45) is 5.10 Å². The van der Waals surface area contributed by atoms with Gasteiger partial charge in [0.1, 0.15) is 4.47 Å². The van der Waals surface area contributed by atoms with Crippen LogP contribution in [0.2, 0.25) is 0 Å². The van der Waals surface area contributed by atoms with E-state index in [9.17, 15) is 4.79 Å². The Hall–Kier alpha value is -2.73. The van der Waals surface area contributed by atoms with Gasteiger partial charge in [0.2, 0.25) is 0 Å². The molecule has 0 amide bonds. The van der Waals surface area contributed by atoms with Gasteiger partial charge in [-0.15, -0.1) is 0 Å². The summed E-state index contributed by atoms with van der Waals surface area (Å²) in [6.07, 6.45) is 4.27. The average Bonchev–Trinajstić information content (AvgIpc) is 2.66. The highest BCUT2D eigenvalue weighted by atomic mass is 79.9. The van der Waals surface area contributed by atoms with E-state index in [2.05, 4.69) is 50.6 Å². The normalized spacial score (nSPS) is 11.0. The van der Waals surface area contributed by atoms with Crippen LogP contribution in [0.3, 0.4) is 0 Å². The van der Waals surface area contributed by atoms with Crippen molar-refractivity contribution in [3.8, 4) is 5.69 Å². The Balaban J connectivity index is 1.78. The smallest absolute Gasteiger partial charge is 0.275 e. The first kappa shape index (κ1) is 17.1. The van der Waals surface area contributed by atoms with Gasteiger partial charge in [0.25, 0.3) is 5.56 Å². The molecule has 0 aliphatic carbocycles. The molecule has 0 radical (unpaired) electrons. The van der Waals surface area contributed by atoms with Gasteiger partial charge >= 0.3 is 0 Å². The van der Waals surface area contributed by atoms with Crippen LogP contribution in [-0.4, -0.2) is 16.0 Å². The summed E-state index contributed by atoms with van der Waals surface area (Å²) in [5.74, 6) is 0. The quantitative estimate of drug-likeness (QED) is 0.523. The minimum Gasteiger partial charge on any atom is -0.275 e. The maximum absolute atomic E-state index is 12.5. The molecule has 1 aromatic heterocycles.